The lowest BCUT2D eigenvalue weighted by Crippen LogP contribution is -2.09. The van der Waals surface area contributed by atoms with E-state index in [4.69, 9.17) is 5.11 Å². The van der Waals surface area contributed by atoms with E-state index in [-0.39, 0.29) is 5.82 Å². The van der Waals surface area contributed by atoms with Crippen molar-refractivity contribution in [3.8, 4) is 5.82 Å². The van der Waals surface area contributed by atoms with Gasteiger partial charge in [-0.25, -0.2) is 14.8 Å². The molecule has 0 aliphatic carbocycles. The number of pyridine rings is 1. The number of carboxylic acids is 1. The van der Waals surface area contributed by atoms with Crippen LogP contribution in [0.3, 0.4) is 0 Å². The summed E-state index contributed by atoms with van der Waals surface area (Å²) in [7, 11) is 0. The van der Waals surface area contributed by atoms with E-state index >= 15 is 0 Å². The Labute approximate surface area is 119 Å². The minimum atomic E-state index is -1.39. The molecule has 1 N–H and O–H groups in total. The van der Waals surface area contributed by atoms with Crippen LogP contribution in [0.2, 0.25) is 0 Å². The lowest BCUT2D eigenvalue weighted by molar-refractivity contribution is -0.385. The fourth-order valence-electron chi connectivity index (χ4n) is 1.82. The molecule has 2 aromatic heterocycles. The number of rotatable bonds is 5. The van der Waals surface area contributed by atoms with Crippen molar-refractivity contribution in [3.05, 3.63) is 39.6 Å². The van der Waals surface area contributed by atoms with E-state index in [1.54, 1.807) is 0 Å². The van der Waals surface area contributed by atoms with Crippen LogP contribution in [-0.2, 0) is 12.8 Å². The Kier molecular flexibility index (Phi) is 3.92. The standard InChI is InChI=1S/C12H13N5O4/c1-3-9-14-10(4-2)16(15-9)11-5-7(12(18)19)8(6-13-11)17(20)21/h5-6H,3-4H2,1-2H3,(H,18,19). The summed E-state index contributed by atoms with van der Waals surface area (Å²) in [6, 6.07) is 1.13. The molecule has 0 saturated carbocycles. The molecule has 0 aliphatic heterocycles. The van der Waals surface area contributed by atoms with E-state index in [0.29, 0.717) is 24.5 Å². The highest BCUT2D eigenvalue weighted by molar-refractivity contribution is 5.92. The second-order valence-corrected chi connectivity index (χ2v) is 4.19. The van der Waals surface area contributed by atoms with Gasteiger partial charge in [0.1, 0.15) is 17.6 Å². The molecule has 0 radical (unpaired) electrons. The second kappa shape index (κ2) is 5.65. The number of hydrogen-bond donors (Lipinski definition) is 1. The van der Waals surface area contributed by atoms with Gasteiger partial charge in [-0.1, -0.05) is 13.8 Å². The second-order valence-electron chi connectivity index (χ2n) is 4.19. The molecule has 110 valence electrons. The Morgan fingerprint density at radius 1 is 1.43 bits per heavy atom. The summed E-state index contributed by atoms with van der Waals surface area (Å²) in [6.07, 6.45) is 2.12. The summed E-state index contributed by atoms with van der Waals surface area (Å²) < 4.78 is 1.41. The predicted octanol–water partition coefficient (Wildman–Crippen LogP) is 1.39. The Balaban J connectivity index is 2.60. The normalized spacial score (nSPS) is 10.6. The smallest absolute Gasteiger partial charge is 0.342 e. The molecule has 0 aliphatic rings. The van der Waals surface area contributed by atoms with Gasteiger partial charge in [0.15, 0.2) is 11.6 Å². The predicted molar refractivity (Wildman–Crippen MR) is 71.5 cm³/mol. The summed E-state index contributed by atoms with van der Waals surface area (Å²) in [5, 5.41) is 24.1. The van der Waals surface area contributed by atoms with Gasteiger partial charge in [-0.15, -0.1) is 5.10 Å². The number of nitro groups is 1. The first-order valence-corrected chi connectivity index (χ1v) is 6.30. The molecule has 9 heteroatoms. The number of carbonyl (C=O) groups is 1. The van der Waals surface area contributed by atoms with Crippen LogP contribution in [0.4, 0.5) is 5.69 Å². The van der Waals surface area contributed by atoms with Crippen LogP contribution in [-0.4, -0.2) is 35.7 Å². The van der Waals surface area contributed by atoms with Gasteiger partial charge >= 0.3 is 11.7 Å². The molecule has 2 aromatic rings. The van der Waals surface area contributed by atoms with Crippen LogP contribution >= 0.6 is 0 Å². The van der Waals surface area contributed by atoms with E-state index < -0.39 is 22.1 Å². The monoisotopic (exact) mass is 291 g/mol. The number of aromatic nitrogens is 4. The maximum absolute atomic E-state index is 11.1. The molecule has 0 spiro atoms. The molecule has 0 amide bonds. The quantitative estimate of drug-likeness (QED) is 0.651. The Bertz CT molecular complexity index is 710. The highest BCUT2D eigenvalue weighted by Gasteiger charge is 2.22. The lowest BCUT2D eigenvalue weighted by atomic mass is 10.2. The maximum Gasteiger partial charge on any atom is 0.342 e. The number of hydrogen-bond acceptors (Lipinski definition) is 6. The lowest BCUT2D eigenvalue weighted by Gasteiger charge is -2.04. The SMILES string of the molecule is CCc1nc(CC)n(-c2cc(C(=O)O)c([N+](=O)[O-])cn2)n1. The molecule has 0 aromatic carbocycles. The van der Waals surface area contributed by atoms with E-state index in [1.807, 2.05) is 13.8 Å². The van der Waals surface area contributed by atoms with E-state index in [9.17, 15) is 14.9 Å². The molecule has 0 saturated heterocycles. The van der Waals surface area contributed by atoms with Gasteiger partial charge in [0.25, 0.3) is 0 Å². The largest absolute Gasteiger partial charge is 0.477 e. The topological polar surface area (TPSA) is 124 Å². The summed E-state index contributed by atoms with van der Waals surface area (Å²) in [5.74, 6) is 0.0229. The summed E-state index contributed by atoms with van der Waals surface area (Å²) in [6.45, 7) is 3.77. The highest BCUT2D eigenvalue weighted by Crippen LogP contribution is 2.20. The van der Waals surface area contributed by atoms with Crippen molar-refractivity contribution in [1.29, 1.82) is 0 Å². The minimum Gasteiger partial charge on any atom is -0.477 e. The molecule has 0 fully saturated rings. The maximum atomic E-state index is 11.1. The average molecular weight is 291 g/mol. The van der Waals surface area contributed by atoms with Crippen molar-refractivity contribution in [2.24, 2.45) is 0 Å². The van der Waals surface area contributed by atoms with Crippen LogP contribution in [0, 0.1) is 10.1 Å². The van der Waals surface area contributed by atoms with E-state index in [1.165, 1.54) is 4.68 Å². The van der Waals surface area contributed by atoms with Gasteiger partial charge in [0, 0.05) is 18.9 Å². The van der Waals surface area contributed by atoms with Gasteiger partial charge in [-0.2, -0.15) is 4.68 Å². The van der Waals surface area contributed by atoms with Gasteiger partial charge in [-0.05, 0) is 0 Å². The molecule has 2 heterocycles. The van der Waals surface area contributed by atoms with Crippen LogP contribution in [0.25, 0.3) is 5.82 Å². The third kappa shape index (κ3) is 2.71. The molecule has 0 unspecified atom stereocenters. The number of carboxylic acid groups (broad SMARTS) is 1. The van der Waals surface area contributed by atoms with Crippen molar-refractivity contribution in [1.82, 2.24) is 19.7 Å². The molecule has 0 atom stereocenters. The van der Waals surface area contributed by atoms with E-state index in [2.05, 4.69) is 15.1 Å². The Morgan fingerprint density at radius 3 is 2.67 bits per heavy atom. The van der Waals surface area contributed by atoms with Crippen molar-refractivity contribution >= 4 is 11.7 Å². The third-order valence-corrected chi connectivity index (χ3v) is 2.86. The van der Waals surface area contributed by atoms with Gasteiger partial charge in [-0.3, -0.25) is 10.1 Å². The zero-order valence-electron chi connectivity index (χ0n) is 11.5. The summed E-state index contributed by atoms with van der Waals surface area (Å²) in [5.41, 5.74) is -0.985. The third-order valence-electron chi connectivity index (χ3n) is 2.86. The van der Waals surface area contributed by atoms with Gasteiger partial charge in [0.2, 0.25) is 0 Å². The molecule has 9 nitrogen and oxygen atoms in total. The molecule has 21 heavy (non-hydrogen) atoms. The molecule has 2 rings (SSSR count). The number of aryl methyl sites for hydroxylation is 2. The molecular formula is C12H13N5O4. The van der Waals surface area contributed by atoms with Crippen molar-refractivity contribution < 1.29 is 14.8 Å². The molecule has 0 bridgehead atoms. The van der Waals surface area contributed by atoms with Crippen molar-refractivity contribution in [2.75, 3.05) is 0 Å². The van der Waals surface area contributed by atoms with Crippen molar-refractivity contribution in [2.45, 2.75) is 26.7 Å². The van der Waals surface area contributed by atoms with Gasteiger partial charge in [0.05, 0.1) is 4.92 Å². The average Bonchev–Trinajstić information content (AvgIpc) is 2.89. The zero-order chi connectivity index (χ0) is 15.6. The fourth-order valence-corrected chi connectivity index (χ4v) is 1.82. The highest BCUT2D eigenvalue weighted by atomic mass is 16.6. The summed E-state index contributed by atoms with van der Waals surface area (Å²) >= 11 is 0. The fraction of sp³-hybridized carbons (Fsp3) is 0.333. The first-order chi connectivity index (χ1) is 9.97. The van der Waals surface area contributed by atoms with Crippen LogP contribution in [0.1, 0.15) is 35.9 Å². The van der Waals surface area contributed by atoms with Crippen LogP contribution < -0.4 is 0 Å². The van der Waals surface area contributed by atoms with Crippen LogP contribution in [0.5, 0.6) is 0 Å². The summed E-state index contributed by atoms with van der Waals surface area (Å²) in [4.78, 5) is 29.4. The first kappa shape index (κ1) is 14.6. The van der Waals surface area contributed by atoms with Crippen LogP contribution in [0.15, 0.2) is 12.3 Å². The zero-order valence-corrected chi connectivity index (χ0v) is 11.5. The number of aromatic carboxylic acids is 1. The molecular weight excluding hydrogens is 278 g/mol. The van der Waals surface area contributed by atoms with E-state index in [0.717, 1.165) is 12.3 Å². The van der Waals surface area contributed by atoms with Crippen molar-refractivity contribution in [3.63, 3.8) is 0 Å². The first-order valence-electron chi connectivity index (χ1n) is 6.30. The Morgan fingerprint density at radius 2 is 2.14 bits per heavy atom. The Hall–Kier alpha value is -2.84. The minimum absolute atomic E-state index is 0.196. The van der Waals surface area contributed by atoms with Gasteiger partial charge < -0.3 is 5.11 Å². The number of nitrogens with zero attached hydrogens (tertiary/aromatic N) is 5.